The zero-order chi connectivity index (χ0) is 27.4. The molecule has 0 saturated carbocycles. The molecular formula is C27H21BrCl2N2O6. The van der Waals surface area contributed by atoms with Gasteiger partial charge in [-0.05, 0) is 83.0 Å². The summed E-state index contributed by atoms with van der Waals surface area (Å²) in [4.78, 5) is 39.3. The maximum Gasteiger partial charge on any atom is 0.335 e. The Hall–Kier alpha value is -3.53. The summed E-state index contributed by atoms with van der Waals surface area (Å²) in [5, 5.41) is 3.21. The molecule has 11 heteroatoms. The molecule has 38 heavy (non-hydrogen) atoms. The van der Waals surface area contributed by atoms with E-state index < -0.39 is 17.8 Å². The van der Waals surface area contributed by atoms with Crippen molar-refractivity contribution in [3.63, 3.8) is 0 Å². The van der Waals surface area contributed by atoms with Crippen LogP contribution in [-0.4, -0.2) is 31.6 Å². The Balaban J connectivity index is 1.56. The van der Waals surface area contributed by atoms with Crippen LogP contribution in [0.2, 0.25) is 10.0 Å². The fourth-order valence-corrected chi connectivity index (χ4v) is 4.69. The van der Waals surface area contributed by atoms with Gasteiger partial charge in [-0.3, -0.25) is 14.9 Å². The standard InChI is InChI=1S/C27H21BrCl2N2O6/c1-3-37-24-21(28)11-15(12-23(24)36-2)10-20-25(33)31-27(35)32(26(20)34)18-6-8-19(9-7-18)38-14-16-4-5-17(29)13-22(16)30/h4-13H,3,14H2,1-2H3,(H,31,33,35)/b20-10+. The van der Waals surface area contributed by atoms with Crippen molar-refractivity contribution in [3.05, 3.63) is 85.8 Å². The fourth-order valence-electron chi connectivity index (χ4n) is 3.66. The normalized spacial score (nSPS) is 14.5. The lowest BCUT2D eigenvalue weighted by molar-refractivity contribution is -0.122. The first-order chi connectivity index (χ1) is 18.2. The second-order valence-electron chi connectivity index (χ2n) is 7.94. The second kappa shape index (κ2) is 11.9. The highest BCUT2D eigenvalue weighted by molar-refractivity contribution is 9.10. The Morgan fingerprint density at radius 2 is 1.74 bits per heavy atom. The number of nitrogens with one attached hydrogen (secondary N) is 1. The molecule has 0 atom stereocenters. The molecule has 3 aromatic rings. The number of imide groups is 2. The number of carbonyl (C=O) groups is 3. The monoisotopic (exact) mass is 618 g/mol. The van der Waals surface area contributed by atoms with E-state index in [4.69, 9.17) is 37.4 Å². The first-order valence-corrected chi connectivity index (χ1v) is 12.8. The van der Waals surface area contributed by atoms with Crippen molar-refractivity contribution >= 4 is 68.7 Å². The first kappa shape index (κ1) is 27.5. The molecule has 0 spiro atoms. The van der Waals surface area contributed by atoms with Crippen LogP contribution >= 0.6 is 39.1 Å². The van der Waals surface area contributed by atoms with E-state index >= 15 is 0 Å². The van der Waals surface area contributed by atoms with Crippen LogP contribution in [0.5, 0.6) is 17.2 Å². The molecule has 1 aliphatic rings. The number of rotatable bonds is 8. The van der Waals surface area contributed by atoms with E-state index in [0.717, 1.165) is 10.5 Å². The van der Waals surface area contributed by atoms with Gasteiger partial charge in [-0.25, -0.2) is 9.69 Å². The molecule has 0 aliphatic carbocycles. The summed E-state index contributed by atoms with van der Waals surface area (Å²) in [5.74, 6) is -0.179. The molecule has 0 radical (unpaired) electrons. The summed E-state index contributed by atoms with van der Waals surface area (Å²) in [5.41, 5.74) is 1.28. The number of urea groups is 1. The molecule has 196 valence electrons. The highest BCUT2D eigenvalue weighted by Gasteiger charge is 2.37. The van der Waals surface area contributed by atoms with Crippen molar-refractivity contribution in [2.75, 3.05) is 18.6 Å². The third-order valence-electron chi connectivity index (χ3n) is 5.46. The number of carbonyl (C=O) groups excluding carboxylic acids is 3. The van der Waals surface area contributed by atoms with Crippen molar-refractivity contribution in [2.45, 2.75) is 13.5 Å². The predicted octanol–water partition coefficient (Wildman–Crippen LogP) is 6.41. The molecule has 1 N–H and O–H groups in total. The van der Waals surface area contributed by atoms with Gasteiger partial charge in [0.25, 0.3) is 11.8 Å². The SMILES string of the molecule is CCOc1c(Br)cc(/C=C2\C(=O)NC(=O)N(c3ccc(OCc4ccc(Cl)cc4Cl)cc3)C2=O)cc1OC. The molecule has 1 saturated heterocycles. The number of halogens is 3. The van der Waals surface area contributed by atoms with E-state index in [0.29, 0.717) is 43.9 Å². The van der Waals surface area contributed by atoms with Gasteiger partial charge < -0.3 is 14.2 Å². The number of methoxy groups -OCH3 is 1. The largest absolute Gasteiger partial charge is 0.493 e. The Bertz CT molecular complexity index is 1440. The lowest BCUT2D eigenvalue weighted by atomic mass is 10.1. The number of hydrogen-bond donors (Lipinski definition) is 1. The quantitative estimate of drug-likeness (QED) is 0.231. The minimum absolute atomic E-state index is 0.195. The number of anilines is 1. The van der Waals surface area contributed by atoms with Crippen LogP contribution in [0.15, 0.2) is 64.6 Å². The Kier molecular flexibility index (Phi) is 8.61. The van der Waals surface area contributed by atoms with Crippen molar-refractivity contribution < 1.29 is 28.6 Å². The third kappa shape index (κ3) is 5.96. The summed E-state index contributed by atoms with van der Waals surface area (Å²) in [7, 11) is 1.48. The minimum Gasteiger partial charge on any atom is -0.493 e. The zero-order valence-electron chi connectivity index (χ0n) is 20.2. The van der Waals surface area contributed by atoms with E-state index in [1.54, 1.807) is 54.6 Å². The van der Waals surface area contributed by atoms with E-state index in [9.17, 15) is 14.4 Å². The number of ether oxygens (including phenoxy) is 3. The Morgan fingerprint density at radius 3 is 2.39 bits per heavy atom. The van der Waals surface area contributed by atoms with Gasteiger partial charge in [0, 0.05) is 15.6 Å². The molecule has 8 nitrogen and oxygen atoms in total. The van der Waals surface area contributed by atoms with E-state index in [1.807, 2.05) is 6.92 Å². The molecule has 3 aromatic carbocycles. The molecule has 4 amide bonds. The zero-order valence-corrected chi connectivity index (χ0v) is 23.3. The van der Waals surface area contributed by atoms with Crippen molar-refractivity contribution in [1.29, 1.82) is 0 Å². The van der Waals surface area contributed by atoms with Crippen LogP contribution in [0.1, 0.15) is 18.1 Å². The van der Waals surface area contributed by atoms with Gasteiger partial charge in [0.1, 0.15) is 17.9 Å². The van der Waals surface area contributed by atoms with Crippen molar-refractivity contribution in [2.24, 2.45) is 0 Å². The molecule has 0 aromatic heterocycles. The molecule has 1 fully saturated rings. The third-order valence-corrected chi connectivity index (χ3v) is 6.63. The van der Waals surface area contributed by atoms with Crippen LogP contribution in [0, 0.1) is 0 Å². The predicted molar refractivity (Wildman–Crippen MR) is 148 cm³/mol. The van der Waals surface area contributed by atoms with Crippen LogP contribution in [-0.2, 0) is 16.2 Å². The van der Waals surface area contributed by atoms with Gasteiger partial charge in [0.05, 0.1) is 23.9 Å². The summed E-state index contributed by atoms with van der Waals surface area (Å²) in [6.07, 6.45) is 1.38. The lowest BCUT2D eigenvalue weighted by Crippen LogP contribution is -2.54. The van der Waals surface area contributed by atoms with Gasteiger partial charge in [-0.2, -0.15) is 0 Å². The molecule has 4 rings (SSSR count). The van der Waals surface area contributed by atoms with E-state index in [2.05, 4.69) is 21.2 Å². The van der Waals surface area contributed by atoms with E-state index in [1.165, 1.54) is 13.2 Å². The second-order valence-corrected chi connectivity index (χ2v) is 9.64. The number of amides is 4. The molecule has 1 heterocycles. The molecule has 1 aliphatic heterocycles. The number of benzene rings is 3. The maximum atomic E-state index is 13.3. The smallest absolute Gasteiger partial charge is 0.335 e. The topological polar surface area (TPSA) is 94.2 Å². The van der Waals surface area contributed by atoms with Crippen LogP contribution in [0.3, 0.4) is 0 Å². The maximum absolute atomic E-state index is 13.3. The average molecular weight is 620 g/mol. The van der Waals surface area contributed by atoms with Crippen LogP contribution in [0.4, 0.5) is 10.5 Å². The van der Waals surface area contributed by atoms with E-state index in [-0.39, 0.29) is 17.9 Å². The van der Waals surface area contributed by atoms with Crippen LogP contribution in [0.25, 0.3) is 6.08 Å². The highest BCUT2D eigenvalue weighted by atomic mass is 79.9. The van der Waals surface area contributed by atoms with Gasteiger partial charge in [0.2, 0.25) is 0 Å². The van der Waals surface area contributed by atoms with Gasteiger partial charge >= 0.3 is 6.03 Å². The minimum atomic E-state index is -0.857. The Morgan fingerprint density at radius 1 is 1.00 bits per heavy atom. The summed E-state index contributed by atoms with van der Waals surface area (Å²) in [6.45, 7) is 2.46. The van der Waals surface area contributed by atoms with Gasteiger partial charge in [-0.1, -0.05) is 29.3 Å². The summed E-state index contributed by atoms with van der Waals surface area (Å²) in [6, 6.07) is 13.8. The first-order valence-electron chi connectivity index (χ1n) is 11.3. The lowest BCUT2D eigenvalue weighted by Gasteiger charge is -2.26. The van der Waals surface area contributed by atoms with Gasteiger partial charge in [0.15, 0.2) is 11.5 Å². The number of hydrogen-bond acceptors (Lipinski definition) is 6. The molecular weight excluding hydrogens is 599 g/mol. The number of barbiturate groups is 1. The fraction of sp³-hybridized carbons (Fsp3) is 0.148. The molecule has 0 bridgehead atoms. The average Bonchev–Trinajstić information content (AvgIpc) is 2.88. The van der Waals surface area contributed by atoms with Crippen molar-refractivity contribution in [1.82, 2.24) is 5.32 Å². The van der Waals surface area contributed by atoms with Gasteiger partial charge in [-0.15, -0.1) is 0 Å². The Labute approximate surface area is 237 Å². The van der Waals surface area contributed by atoms with Crippen molar-refractivity contribution in [3.8, 4) is 17.2 Å². The highest BCUT2D eigenvalue weighted by Crippen LogP contribution is 2.37. The number of nitrogens with zero attached hydrogens (tertiary/aromatic N) is 1. The molecule has 0 unspecified atom stereocenters. The summed E-state index contributed by atoms with van der Waals surface area (Å²) < 4.78 is 17.3. The summed E-state index contributed by atoms with van der Waals surface area (Å²) >= 11 is 15.5. The van der Waals surface area contributed by atoms with Crippen LogP contribution < -0.4 is 24.4 Å².